The molecular weight excluding hydrogens is 591 g/mol. The van der Waals surface area contributed by atoms with Gasteiger partial charge >= 0.3 is 0 Å². The molecule has 0 saturated carbocycles. The molecule has 1 aromatic heterocycles. The van der Waals surface area contributed by atoms with Crippen LogP contribution in [0.3, 0.4) is 0 Å². The fraction of sp³-hybridized carbons (Fsp3) is 0.138. The number of benzene rings is 4. The highest BCUT2D eigenvalue weighted by Gasteiger charge is 2.12. The Morgan fingerprint density at radius 1 is 0.919 bits per heavy atom. The monoisotopic (exact) mass is 612 g/mol. The van der Waals surface area contributed by atoms with Gasteiger partial charge in [0.2, 0.25) is 0 Å². The highest BCUT2D eigenvalue weighted by atomic mass is 79.9. The second-order valence-corrected chi connectivity index (χ2v) is 11.3. The maximum Gasteiger partial charge on any atom is 0.162 e. The lowest BCUT2D eigenvalue weighted by Crippen LogP contribution is -2.03. The molecule has 0 radical (unpaired) electrons. The molecule has 0 spiro atoms. The van der Waals surface area contributed by atoms with Crippen LogP contribution in [0.2, 0.25) is 10.0 Å². The van der Waals surface area contributed by atoms with Crippen LogP contribution in [-0.2, 0) is 13.2 Å². The number of aromatic nitrogens is 1. The van der Waals surface area contributed by atoms with Crippen molar-refractivity contribution >= 4 is 66.4 Å². The van der Waals surface area contributed by atoms with Gasteiger partial charge in [0, 0.05) is 22.3 Å². The minimum absolute atomic E-state index is 0.345. The number of nitrogens with one attached hydrogen (secondary N) is 1. The van der Waals surface area contributed by atoms with E-state index in [1.807, 2.05) is 18.2 Å². The van der Waals surface area contributed by atoms with Crippen molar-refractivity contribution in [2.45, 2.75) is 20.1 Å². The average molecular weight is 614 g/mol. The van der Waals surface area contributed by atoms with Crippen LogP contribution in [0.15, 0.2) is 77.3 Å². The molecule has 4 nitrogen and oxygen atoms in total. The van der Waals surface area contributed by atoms with Crippen LogP contribution in [0.4, 0.5) is 5.69 Å². The van der Waals surface area contributed by atoms with Crippen LogP contribution < -0.4 is 14.8 Å². The van der Waals surface area contributed by atoms with E-state index in [1.165, 1.54) is 10.3 Å². The molecule has 0 saturated heterocycles. The molecule has 188 valence electrons. The Balaban J connectivity index is 1.25. The standard InChI is InChI=1S/C29H23BrCl2N2O2S/c1-17-3-10-25-28(11-17)37-29(34-25)19-5-7-21(8-6-19)33-15-20-13-26(35-2)27(14-22(20)30)36-16-18-4-9-23(31)24(32)12-18/h3-14,33H,15-16H2,1-2H3. The van der Waals surface area contributed by atoms with Crippen molar-refractivity contribution in [3.05, 3.63) is 104 Å². The third-order valence-electron chi connectivity index (χ3n) is 5.87. The molecule has 5 rings (SSSR count). The molecule has 5 aromatic rings. The van der Waals surface area contributed by atoms with Crippen LogP contribution >= 0.6 is 50.5 Å². The van der Waals surface area contributed by atoms with Gasteiger partial charge in [-0.1, -0.05) is 51.3 Å². The van der Waals surface area contributed by atoms with Gasteiger partial charge in [-0.2, -0.15) is 0 Å². The summed E-state index contributed by atoms with van der Waals surface area (Å²) >= 11 is 17.5. The number of rotatable bonds is 8. The molecular formula is C29H23BrCl2N2O2S. The van der Waals surface area contributed by atoms with Crippen LogP contribution in [0.5, 0.6) is 11.5 Å². The zero-order valence-electron chi connectivity index (χ0n) is 20.1. The summed E-state index contributed by atoms with van der Waals surface area (Å²) in [6, 6.07) is 24.0. The van der Waals surface area contributed by atoms with Gasteiger partial charge in [0.05, 0.1) is 27.4 Å². The summed E-state index contributed by atoms with van der Waals surface area (Å²) in [6.45, 7) is 3.06. The molecule has 0 aliphatic heterocycles. The number of hydrogen-bond acceptors (Lipinski definition) is 5. The van der Waals surface area contributed by atoms with Crippen molar-refractivity contribution in [3.63, 3.8) is 0 Å². The Morgan fingerprint density at radius 2 is 1.73 bits per heavy atom. The number of hydrogen-bond donors (Lipinski definition) is 1. The number of nitrogens with zero attached hydrogens (tertiary/aromatic N) is 1. The van der Waals surface area contributed by atoms with E-state index in [1.54, 1.807) is 30.6 Å². The minimum Gasteiger partial charge on any atom is -0.493 e. The predicted octanol–water partition coefficient (Wildman–Crippen LogP) is 9.54. The molecule has 0 fully saturated rings. The summed E-state index contributed by atoms with van der Waals surface area (Å²) in [7, 11) is 1.63. The topological polar surface area (TPSA) is 43.4 Å². The van der Waals surface area contributed by atoms with E-state index in [2.05, 4.69) is 70.6 Å². The number of ether oxygens (including phenoxy) is 2. The first-order valence-electron chi connectivity index (χ1n) is 11.5. The van der Waals surface area contributed by atoms with Crippen molar-refractivity contribution in [2.75, 3.05) is 12.4 Å². The van der Waals surface area contributed by atoms with Crippen LogP contribution in [-0.4, -0.2) is 12.1 Å². The van der Waals surface area contributed by atoms with Crippen LogP contribution in [0.1, 0.15) is 16.7 Å². The number of thiazole rings is 1. The van der Waals surface area contributed by atoms with Crippen molar-refractivity contribution < 1.29 is 9.47 Å². The molecule has 4 aromatic carbocycles. The molecule has 0 aliphatic carbocycles. The fourth-order valence-corrected chi connectivity index (χ4v) is 5.71. The Bertz CT molecular complexity index is 1570. The number of methoxy groups -OCH3 is 1. The van der Waals surface area contributed by atoms with E-state index in [0.717, 1.165) is 37.4 Å². The Morgan fingerprint density at radius 3 is 2.49 bits per heavy atom. The molecule has 1 N–H and O–H groups in total. The van der Waals surface area contributed by atoms with Crippen molar-refractivity contribution in [2.24, 2.45) is 0 Å². The minimum atomic E-state index is 0.345. The average Bonchev–Trinajstić information content (AvgIpc) is 3.32. The maximum absolute atomic E-state index is 6.12. The highest BCUT2D eigenvalue weighted by Crippen LogP contribution is 2.35. The van der Waals surface area contributed by atoms with E-state index in [-0.39, 0.29) is 0 Å². The normalized spacial score (nSPS) is 11.1. The fourth-order valence-electron chi connectivity index (χ4n) is 3.86. The first-order valence-corrected chi connectivity index (χ1v) is 13.9. The quantitative estimate of drug-likeness (QED) is 0.189. The van der Waals surface area contributed by atoms with Crippen LogP contribution in [0, 0.1) is 6.92 Å². The molecule has 1 heterocycles. The SMILES string of the molecule is COc1cc(CNc2ccc(-c3nc4ccc(C)cc4s3)cc2)c(Br)cc1OCc1ccc(Cl)c(Cl)c1. The van der Waals surface area contributed by atoms with E-state index < -0.39 is 0 Å². The lowest BCUT2D eigenvalue weighted by Gasteiger charge is -2.15. The summed E-state index contributed by atoms with van der Waals surface area (Å²) in [5.41, 5.74) is 6.38. The largest absolute Gasteiger partial charge is 0.493 e. The third kappa shape index (κ3) is 6.04. The third-order valence-corrected chi connectivity index (χ3v) is 8.41. The van der Waals surface area contributed by atoms with E-state index >= 15 is 0 Å². The molecule has 0 unspecified atom stereocenters. The molecule has 0 amide bonds. The Hall–Kier alpha value is -2.77. The van der Waals surface area contributed by atoms with E-state index in [0.29, 0.717) is 34.7 Å². The van der Waals surface area contributed by atoms with Crippen LogP contribution in [0.25, 0.3) is 20.8 Å². The maximum atomic E-state index is 6.12. The zero-order chi connectivity index (χ0) is 25.9. The molecule has 0 aliphatic rings. The Labute approximate surface area is 238 Å². The van der Waals surface area contributed by atoms with Gasteiger partial charge < -0.3 is 14.8 Å². The second-order valence-electron chi connectivity index (χ2n) is 8.55. The first-order chi connectivity index (χ1) is 17.9. The zero-order valence-corrected chi connectivity index (χ0v) is 24.1. The lowest BCUT2D eigenvalue weighted by atomic mass is 10.1. The number of halogens is 3. The van der Waals surface area contributed by atoms with Crippen molar-refractivity contribution in [3.8, 4) is 22.1 Å². The van der Waals surface area contributed by atoms with Gasteiger partial charge in [-0.25, -0.2) is 4.98 Å². The van der Waals surface area contributed by atoms with Crippen molar-refractivity contribution in [1.82, 2.24) is 4.98 Å². The van der Waals surface area contributed by atoms with Gasteiger partial charge in [-0.3, -0.25) is 0 Å². The molecule has 0 atom stereocenters. The Kier molecular flexibility index (Phi) is 7.91. The summed E-state index contributed by atoms with van der Waals surface area (Å²) in [4.78, 5) is 4.78. The lowest BCUT2D eigenvalue weighted by molar-refractivity contribution is 0.284. The smallest absolute Gasteiger partial charge is 0.162 e. The van der Waals surface area contributed by atoms with Crippen molar-refractivity contribution in [1.29, 1.82) is 0 Å². The van der Waals surface area contributed by atoms with Gasteiger partial charge in [0.15, 0.2) is 11.5 Å². The number of aryl methyl sites for hydroxylation is 1. The molecule has 37 heavy (non-hydrogen) atoms. The second kappa shape index (κ2) is 11.3. The summed E-state index contributed by atoms with van der Waals surface area (Å²) in [6.07, 6.45) is 0. The van der Waals surface area contributed by atoms with Gasteiger partial charge in [0.1, 0.15) is 11.6 Å². The number of fused-ring (bicyclic) bond motifs is 1. The van der Waals surface area contributed by atoms with Gasteiger partial charge in [-0.05, 0) is 84.3 Å². The van der Waals surface area contributed by atoms with Gasteiger partial charge in [-0.15, -0.1) is 11.3 Å². The summed E-state index contributed by atoms with van der Waals surface area (Å²) in [5.74, 6) is 1.29. The van der Waals surface area contributed by atoms with Gasteiger partial charge in [0.25, 0.3) is 0 Å². The summed E-state index contributed by atoms with van der Waals surface area (Å²) in [5, 5.41) is 5.53. The highest BCUT2D eigenvalue weighted by molar-refractivity contribution is 9.10. The van der Waals surface area contributed by atoms with E-state index in [9.17, 15) is 0 Å². The number of anilines is 1. The predicted molar refractivity (Wildman–Crippen MR) is 159 cm³/mol. The first kappa shape index (κ1) is 25.9. The molecule has 0 bridgehead atoms. The summed E-state index contributed by atoms with van der Waals surface area (Å²) < 4.78 is 13.7. The molecule has 8 heteroatoms. The van der Waals surface area contributed by atoms with E-state index in [4.69, 9.17) is 37.7 Å².